The molecule has 9 aromatic carbocycles. The molecule has 0 saturated heterocycles. The smallest absolute Gasteiger partial charge is 0.227 e. The lowest BCUT2D eigenvalue weighted by Crippen LogP contribution is -2.10. The van der Waals surface area contributed by atoms with Crippen LogP contribution in [0.5, 0.6) is 0 Å². The Labute approximate surface area is 317 Å². The van der Waals surface area contributed by atoms with Gasteiger partial charge in [0.05, 0.1) is 5.69 Å². The van der Waals surface area contributed by atoms with Gasteiger partial charge in [0.25, 0.3) is 0 Å². The fourth-order valence-electron chi connectivity index (χ4n) is 7.97. The molecule has 2 heterocycles. The standard InChI is InChI=1S/C51H32N2O2/c1-3-11-33(12-4-1)35-19-24-40(25-20-35)53(41-26-21-34-13-7-8-16-37(34)29-41)46-32-49-50(43-18-10-9-17-42(43)46)44-27-22-39(31-48(44)54-49)38-23-28-47-45(30-38)52-51(55-47)36-14-5-2-6-15-36/h1-32H. The van der Waals surface area contributed by atoms with Crippen LogP contribution in [0.15, 0.2) is 203 Å². The Balaban J connectivity index is 1.07. The summed E-state index contributed by atoms with van der Waals surface area (Å²) in [4.78, 5) is 7.18. The van der Waals surface area contributed by atoms with Crippen molar-refractivity contribution in [3.05, 3.63) is 194 Å². The molecule has 0 aliphatic rings. The molecular weight excluding hydrogens is 673 g/mol. The Bertz CT molecular complexity index is 3200. The van der Waals surface area contributed by atoms with Crippen LogP contribution in [0.2, 0.25) is 0 Å². The van der Waals surface area contributed by atoms with Gasteiger partial charge in [-0.3, -0.25) is 0 Å². The molecule has 11 aromatic rings. The van der Waals surface area contributed by atoms with E-state index in [9.17, 15) is 0 Å². The molecule has 0 bridgehead atoms. The van der Waals surface area contributed by atoms with Crippen LogP contribution in [0.3, 0.4) is 0 Å². The summed E-state index contributed by atoms with van der Waals surface area (Å²) in [6.07, 6.45) is 0. The summed E-state index contributed by atoms with van der Waals surface area (Å²) >= 11 is 0. The third-order valence-corrected chi connectivity index (χ3v) is 10.7. The second kappa shape index (κ2) is 12.6. The van der Waals surface area contributed by atoms with Gasteiger partial charge in [-0.05, 0) is 99.1 Å². The molecular formula is C51H32N2O2. The first kappa shape index (κ1) is 31.1. The zero-order chi connectivity index (χ0) is 36.3. The van der Waals surface area contributed by atoms with Gasteiger partial charge in [0.15, 0.2) is 5.58 Å². The Morgan fingerprint density at radius 1 is 0.364 bits per heavy atom. The molecule has 0 fully saturated rings. The van der Waals surface area contributed by atoms with Gasteiger partial charge in [-0.25, -0.2) is 4.98 Å². The summed E-state index contributed by atoms with van der Waals surface area (Å²) in [5, 5.41) is 6.88. The summed E-state index contributed by atoms with van der Waals surface area (Å²) in [5.74, 6) is 0.619. The topological polar surface area (TPSA) is 42.4 Å². The monoisotopic (exact) mass is 704 g/mol. The van der Waals surface area contributed by atoms with Crippen LogP contribution in [0.25, 0.3) is 88.3 Å². The van der Waals surface area contributed by atoms with Gasteiger partial charge in [0.2, 0.25) is 5.89 Å². The largest absolute Gasteiger partial charge is 0.456 e. The normalized spacial score (nSPS) is 11.6. The molecule has 0 radical (unpaired) electrons. The van der Waals surface area contributed by atoms with Crippen LogP contribution in [0.4, 0.5) is 17.1 Å². The number of fused-ring (bicyclic) bond motifs is 7. The molecule has 0 spiro atoms. The summed E-state index contributed by atoms with van der Waals surface area (Å²) in [7, 11) is 0. The van der Waals surface area contributed by atoms with Crippen LogP contribution < -0.4 is 4.90 Å². The first-order valence-corrected chi connectivity index (χ1v) is 18.5. The first-order valence-electron chi connectivity index (χ1n) is 18.5. The molecule has 0 unspecified atom stereocenters. The average molecular weight is 705 g/mol. The van der Waals surface area contributed by atoms with Gasteiger partial charge in [0.1, 0.15) is 16.7 Å². The van der Waals surface area contributed by atoms with Gasteiger partial charge in [0, 0.05) is 39.2 Å². The highest BCUT2D eigenvalue weighted by Gasteiger charge is 2.21. The lowest BCUT2D eigenvalue weighted by molar-refractivity contribution is 0.620. The highest BCUT2D eigenvalue weighted by atomic mass is 16.3. The van der Waals surface area contributed by atoms with Crippen molar-refractivity contribution >= 4 is 71.6 Å². The minimum atomic E-state index is 0.619. The quantitative estimate of drug-likeness (QED) is 0.173. The van der Waals surface area contributed by atoms with E-state index in [0.717, 1.165) is 77.6 Å². The van der Waals surface area contributed by atoms with E-state index < -0.39 is 0 Å². The second-order valence-electron chi connectivity index (χ2n) is 14.0. The second-order valence-corrected chi connectivity index (χ2v) is 14.0. The summed E-state index contributed by atoms with van der Waals surface area (Å²) in [5.41, 5.74) is 11.9. The third kappa shape index (κ3) is 5.34. The maximum absolute atomic E-state index is 6.82. The lowest BCUT2D eigenvalue weighted by atomic mass is 9.98. The number of benzene rings is 9. The third-order valence-electron chi connectivity index (χ3n) is 10.7. The molecule has 0 N–H and O–H groups in total. The van der Waals surface area contributed by atoms with E-state index in [1.807, 2.05) is 36.4 Å². The van der Waals surface area contributed by atoms with Crippen LogP contribution in [0, 0.1) is 0 Å². The van der Waals surface area contributed by atoms with E-state index in [1.165, 1.54) is 21.9 Å². The lowest BCUT2D eigenvalue weighted by Gasteiger charge is -2.27. The molecule has 0 aliphatic heterocycles. The van der Waals surface area contributed by atoms with Gasteiger partial charge >= 0.3 is 0 Å². The van der Waals surface area contributed by atoms with E-state index in [-0.39, 0.29) is 0 Å². The zero-order valence-corrected chi connectivity index (χ0v) is 29.7. The van der Waals surface area contributed by atoms with Crippen molar-refractivity contribution in [1.82, 2.24) is 4.98 Å². The molecule has 0 aliphatic carbocycles. The molecule has 0 atom stereocenters. The minimum absolute atomic E-state index is 0.619. The molecule has 4 nitrogen and oxygen atoms in total. The summed E-state index contributed by atoms with van der Waals surface area (Å²) < 4.78 is 12.9. The predicted octanol–water partition coefficient (Wildman–Crippen LogP) is 14.5. The number of hydrogen-bond acceptors (Lipinski definition) is 4. The fourth-order valence-corrected chi connectivity index (χ4v) is 7.97. The highest BCUT2D eigenvalue weighted by molar-refractivity contribution is 6.22. The van der Waals surface area contributed by atoms with Crippen molar-refractivity contribution in [2.75, 3.05) is 4.90 Å². The number of aromatic nitrogens is 1. The molecule has 258 valence electrons. The van der Waals surface area contributed by atoms with E-state index in [0.29, 0.717) is 5.89 Å². The average Bonchev–Trinajstić information content (AvgIpc) is 3.86. The van der Waals surface area contributed by atoms with Crippen molar-refractivity contribution in [1.29, 1.82) is 0 Å². The first-order chi connectivity index (χ1) is 27.2. The van der Waals surface area contributed by atoms with E-state index >= 15 is 0 Å². The predicted molar refractivity (Wildman–Crippen MR) is 227 cm³/mol. The Morgan fingerprint density at radius 3 is 1.82 bits per heavy atom. The van der Waals surface area contributed by atoms with Gasteiger partial charge in [-0.2, -0.15) is 0 Å². The Kier molecular flexibility index (Phi) is 7.14. The van der Waals surface area contributed by atoms with Crippen molar-refractivity contribution in [2.24, 2.45) is 0 Å². The van der Waals surface area contributed by atoms with Crippen molar-refractivity contribution in [3.63, 3.8) is 0 Å². The van der Waals surface area contributed by atoms with Crippen LogP contribution in [0.1, 0.15) is 0 Å². The SMILES string of the molecule is c1ccc(-c2ccc(N(c3ccc4ccccc4c3)c3cc4oc5cc(-c6ccc7oc(-c8ccccc8)nc7c6)ccc5c4c4ccccc34)cc2)cc1. The number of nitrogens with zero attached hydrogens (tertiary/aromatic N) is 2. The van der Waals surface area contributed by atoms with E-state index in [1.54, 1.807) is 0 Å². The molecule has 2 aromatic heterocycles. The van der Waals surface area contributed by atoms with E-state index in [4.69, 9.17) is 13.8 Å². The maximum atomic E-state index is 6.82. The number of rotatable bonds is 6. The van der Waals surface area contributed by atoms with Crippen molar-refractivity contribution < 1.29 is 8.83 Å². The van der Waals surface area contributed by atoms with Crippen LogP contribution >= 0.6 is 0 Å². The highest BCUT2D eigenvalue weighted by Crippen LogP contribution is 2.46. The number of oxazole rings is 1. The molecule has 0 saturated carbocycles. The number of anilines is 3. The van der Waals surface area contributed by atoms with Crippen LogP contribution in [-0.4, -0.2) is 4.98 Å². The molecule has 0 amide bonds. The fraction of sp³-hybridized carbons (Fsp3) is 0. The maximum Gasteiger partial charge on any atom is 0.227 e. The number of furan rings is 1. The van der Waals surface area contributed by atoms with Crippen LogP contribution in [-0.2, 0) is 0 Å². The van der Waals surface area contributed by atoms with E-state index in [2.05, 4.69) is 163 Å². The molecule has 4 heteroatoms. The van der Waals surface area contributed by atoms with Crippen molar-refractivity contribution in [2.45, 2.75) is 0 Å². The molecule has 55 heavy (non-hydrogen) atoms. The Morgan fingerprint density at radius 2 is 1.00 bits per heavy atom. The molecule has 11 rings (SSSR count). The summed E-state index contributed by atoms with van der Waals surface area (Å²) in [6, 6.07) is 68.2. The zero-order valence-electron chi connectivity index (χ0n) is 29.7. The van der Waals surface area contributed by atoms with Gasteiger partial charge in [-0.15, -0.1) is 0 Å². The van der Waals surface area contributed by atoms with Crippen molar-refractivity contribution in [3.8, 4) is 33.7 Å². The minimum Gasteiger partial charge on any atom is -0.456 e. The summed E-state index contributed by atoms with van der Waals surface area (Å²) in [6.45, 7) is 0. The Hall–Kier alpha value is -7.43. The number of hydrogen-bond donors (Lipinski definition) is 0. The van der Waals surface area contributed by atoms with Gasteiger partial charge < -0.3 is 13.7 Å². The van der Waals surface area contributed by atoms with Gasteiger partial charge in [-0.1, -0.05) is 127 Å².